The van der Waals surface area contributed by atoms with Gasteiger partial charge in [-0.2, -0.15) is 0 Å². The first-order valence-corrected chi connectivity index (χ1v) is 4.83. The second-order valence-corrected chi connectivity index (χ2v) is 3.12. The molecule has 1 aromatic rings. The van der Waals surface area contributed by atoms with E-state index in [-0.39, 0.29) is 23.5 Å². The highest BCUT2D eigenvalue weighted by Gasteiger charge is 2.06. The van der Waals surface area contributed by atoms with E-state index in [0.29, 0.717) is 11.1 Å². The Morgan fingerprint density at radius 1 is 1.46 bits per heavy atom. The average Bonchev–Trinajstić information content (AvgIpc) is 2.17. The minimum absolute atomic E-state index is 0.00798. The quantitative estimate of drug-likeness (QED) is 0.626. The van der Waals surface area contributed by atoms with Crippen LogP contribution >= 0.6 is 15.9 Å². The smallest absolute Gasteiger partial charge is 0.173 e. The Morgan fingerprint density at radius 2 is 2.15 bits per heavy atom. The molecule has 0 fully saturated rings. The SMILES string of the molecule is O=C(CBr)c1ccc(O)c(CO)c1. The van der Waals surface area contributed by atoms with Crippen LogP contribution in [0.1, 0.15) is 15.9 Å². The van der Waals surface area contributed by atoms with E-state index in [1.807, 2.05) is 0 Å². The Bertz CT molecular complexity index is 323. The Balaban J connectivity index is 3.06. The third-order valence-corrected chi connectivity index (χ3v) is 2.20. The van der Waals surface area contributed by atoms with Gasteiger partial charge < -0.3 is 10.2 Å². The van der Waals surface area contributed by atoms with Crippen molar-refractivity contribution in [1.82, 2.24) is 0 Å². The van der Waals surface area contributed by atoms with Crippen LogP contribution in [0.3, 0.4) is 0 Å². The number of Topliss-reactive ketones (excluding diaryl/α,β-unsaturated/α-hetero) is 1. The summed E-state index contributed by atoms with van der Waals surface area (Å²) in [7, 11) is 0. The predicted octanol–water partition coefficient (Wildman–Crippen LogP) is 1.46. The molecule has 0 unspecified atom stereocenters. The number of aliphatic hydroxyl groups is 1. The van der Waals surface area contributed by atoms with Gasteiger partial charge in [-0.15, -0.1) is 0 Å². The molecule has 70 valence electrons. The van der Waals surface area contributed by atoms with Crippen molar-refractivity contribution in [2.75, 3.05) is 5.33 Å². The number of hydrogen-bond acceptors (Lipinski definition) is 3. The molecule has 0 saturated heterocycles. The van der Waals surface area contributed by atoms with Crippen molar-refractivity contribution >= 4 is 21.7 Å². The van der Waals surface area contributed by atoms with Crippen LogP contribution in [0.4, 0.5) is 0 Å². The highest BCUT2D eigenvalue weighted by molar-refractivity contribution is 9.09. The minimum Gasteiger partial charge on any atom is -0.508 e. The molecule has 1 rings (SSSR count). The molecule has 0 aliphatic heterocycles. The van der Waals surface area contributed by atoms with Gasteiger partial charge in [-0.05, 0) is 18.2 Å². The van der Waals surface area contributed by atoms with Crippen LogP contribution in [0.2, 0.25) is 0 Å². The number of ketones is 1. The number of alkyl halides is 1. The first-order chi connectivity index (χ1) is 6.19. The number of hydrogen-bond donors (Lipinski definition) is 2. The van der Waals surface area contributed by atoms with Crippen molar-refractivity contribution in [3.8, 4) is 5.75 Å². The zero-order valence-electron chi connectivity index (χ0n) is 6.83. The second kappa shape index (κ2) is 4.39. The summed E-state index contributed by atoms with van der Waals surface area (Å²) in [5.74, 6) is -0.0664. The molecule has 0 aliphatic rings. The summed E-state index contributed by atoms with van der Waals surface area (Å²) in [6, 6.07) is 4.42. The lowest BCUT2D eigenvalue weighted by Gasteiger charge is -2.02. The Kier molecular flexibility index (Phi) is 3.45. The van der Waals surface area contributed by atoms with Gasteiger partial charge in [0.1, 0.15) is 5.75 Å². The molecule has 0 heterocycles. The second-order valence-electron chi connectivity index (χ2n) is 2.56. The molecule has 0 amide bonds. The van der Waals surface area contributed by atoms with E-state index in [9.17, 15) is 9.90 Å². The molecule has 1 aromatic carbocycles. The van der Waals surface area contributed by atoms with Gasteiger partial charge in [0, 0.05) is 11.1 Å². The molecule has 0 aromatic heterocycles. The molecule has 13 heavy (non-hydrogen) atoms. The lowest BCUT2D eigenvalue weighted by Crippen LogP contribution is -2.00. The summed E-state index contributed by atoms with van der Waals surface area (Å²) >= 11 is 3.04. The van der Waals surface area contributed by atoms with E-state index in [0.717, 1.165) is 0 Å². The molecule has 0 bridgehead atoms. The van der Waals surface area contributed by atoms with Crippen molar-refractivity contribution in [3.05, 3.63) is 29.3 Å². The zero-order valence-corrected chi connectivity index (χ0v) is 8.41. The number of aliphatic hydroxyl groups excluding tert-OH is 1. The van der Waals surface area contributed by atoms with Crippen LogP contribution in [0.25, 0.3) is 0 Å². The zero-order chi connectivity index (χ0) is 9.84. The van der Waals surface area contributed by atoms with E-state index >= 15 is 0 Å². The lowest BCUT2D eigenvalue weighted by atomic mass is 10.1. The normalized spacial score (nSPS) is 10.0. The first kappa shape index (κ1) is 10.2. The number of carbonyl (C=O) groups excluding carboxylic acids is 1. The van der Waals surface area contributed by atoms with E-state index in [2.05, 4.69) is 15.9 Å². The molecular weight excluding hydrogens is 236 g/mol. The number of halogens is 1. The fraction of sp³-hybridized carbons (Fsp3) is 0.222. The molecule has 0 aliphatic carbocycles. The summed E-state index contributed by atoms with van der Waals surface area (Å²) in [6.45, 7) is -0.269. The van der Waals surface area contributed by atoms with Gasteiger partial charge >= 0.3 is 0 Å². The monoisotopic (exact) mass is 244 g/mol. The maximum absolute atomic E-state index is 11.2. The molecule has 4 heteroatoms. The third kappa shape index (κ3) is 2.29. The topological polar surface area (TPSA) is 57.5 Å². The number of aromatic hydroxyl groups is 1. The molecule has 2 N–H and O–H groups in total. The van der Waals surface area contributed by atoms with Crippen molar-refractivity contribution in [2.45, 2.75) is 6.61 Å². The highest BCUT2D eigenvalue weighted by Crippen LogP contribution is 2.18. The Labute approximate surface area is 84.1 Å². The maximum atomic E-state index is 11.2. The fourth-order valence-electron chi connectivity index (χ4n) is 0.963. The van der Waals surface area contributed by atoms with Gasteiger partial charge in [-0.25, -0.2) is 0 Å². The van der Waals surface area contributed by atoms with Gasteiger partial charge in [-0.3, -0.25) is 4.79 Å². The minimum atomic E-state index is -0.269. The highest BCUT2D eigenvalue weighted by atomic mass is 79.9. The van der Waals surface area contributed by atoms with Crippen molar-refractivity contribution in [2.24, 2.45) is 0 Å². The number of benzene rings is 1. The average molecular weight is 245 g/mol. The lowest BCUT2D eigenvalue weighted by molar-refractivity contribution is 0.102. The van der Waals surface area contributed by atoms with E-state index in [1.54, 1.807) is 0 Å². The molecular formula is C9H9BrO3. The number of phenols is 1. The van der Waals surface area contributed by atoms with Crippen molar-refractivity contribution in [3.63, 3.8) is 0 Å². The van der Waals surface area contributed by atoms with Crippen LogP contribution < -0.4 is 0 Å². The van der Waals surface area contributed by atoms with Crippen LogP contribution in [0.15, 0.2) is 18.2 Å². The molecule has 0 saturated carbocycles. The summed E-state index contributed by atoms with van der Waals surface area (Å²) < 4.78 is 0. The third-order valence-electron chi connectivity index (χ3n) is 1.69. The molecule has 0 radical (unpaired) electrons. The molecule has 0 spiro atoms. The Morgan fingerprint density at radius 3 is 2.69 bits per heavy atom. The fourth-order valence-corrected chi connectivity index (χ4v) is 1.29. The summed E-state index contributed by atoms with van der Waals surface area (Å²) in [6.07, 6.45) is 0. The largest absolute Gasteiger partial charge is 0.508 e. The van der Waals surface area contributed by atoms with Gasteiger partial charge in [0.15, 0.2) is 5.78 Å². The van der Waals surface area contributed by atoms with Crippen LogP contribution in [-0.2, 0) is 6.61 Å². The standard InChI is InChI=1S/C9H9BrO3/c10-4-9(13)6-1-2-8(12)7(3-6)5-11/h1-3,11-12H,4-5H2. The van der Waals surface area contributed by atoms with Gasteiger partial charge in [-0.1, -0.05) is 15.9 Å². The van der Waals surface area contributed by atoms with Gasteiger partial charge in [0.2, 0.25) is 0 Å². The Hall–Kier alpha value is -0.870. The van der Waals surface area contributed by atoms with Crippen LogP contribution in [-0.4, -0.2) is 21.3 Å². The van der Waals surface area contributed by atoms with E-state index in [1.165, 1.54) is 18.2 Å². The van der Waals surface area contributed by atoms with Gasteiger partial charge in [0.25, 0.3) is 0 Å². The molecule has 0 atom stereocenters. The predicted molar refractivity (Wildman–Crippen MR) is 52.2 cm³/mol. The summed E-state index contributed by atoms with van der Waals surface area (Å²) in [5.41, 5.74) is 0.852. The van der Waals surface area contributed by atoms with Crippen molar-refractivity contribution < 1.29 is 15.0 Å². The van der Waals surface area contributed by atoms with Crippen LogP contribution in [0, 0.1) is 0 Å². The molecule has 3 nitrogen and oxygen atoms in total. The van der Waals surface area contributed by atoms with Crippen molar-refractivity contribution in [1.29, 1.82) is 0 Å². The number of rotatable bonds is 3. The summed E-state index contributed by atoms with van der Waals surface area (Å²) in [5, 5.41) is 18.3. The number of carbonyl (C=O) groups is 1. The van der Waals surface area contributed by atoms with E-state index < -0.39 is 0 Å². The van der Waals surface area contributed by atoms with E-state index in [4.69, 9.17) is 5.11 Å². The first-order valence-electron chi connectivity index (χ1n) is 3.71. The summed E-state index contributed by atoms with van der Waals surface area (Å²) in [4.78, 5) is 11.2. The van der Waals surface area contributed by atoms with Gasteiger partial charge in [0.05, 0.1) is 11.9 Å². The maximum Gasteiger partial charge on any atom is 0.173 e. The van der Waals surface area contributed by atoms with Crippen LogP contribution in [0.5, 0.6) is 5.75 Å².